The van der Waals surface area contributed by atoms with Crippen LogP contribution in [-0.2, 0) is 0 Å². The van der Waals surface area contributed by atoms with Crippen molar-refractivity contribution in [3.05, 3.63) is 157 Å². The zero-order valence-electron chi connectivity index (χ0n) is 24.2. The van der Waals surface area contributed by atoms with Crippen LogP contribution in [0, 0.1) is 0 Å². The lowest BCUT2D eigenvalue weighted by Gasteiger charge is -2.26. The molecule has 0 fully saturated rings. The molecule has 0 radical (unpaired) electrons. The first-order valence-corrected chi connectivity index (χ1v) is 17.9. The Kier molecular flexibility index (Phi) is 5.78. The van der Waals surface area contributed by atoms with Crippen LogP contribution in [-0.4, -0.2) is 5.25 Å². The zero-order chi connectivity index (χ0) is 29.5. The van der Waals surface area contributed by atoms with E-state index in [9.17, 15) is 0 Å². The van der Waals surface area contributed by atoms with Crippen molar-refractivity contribution >= 4 is 80.4 Å². The minimum Gasteiger partial charge on any atom is -0.135 e. The monoisotopic (exact) mass is 626 g/mol. The molecule has 8 aromatic rings. The predicted molar refractivity (Wildman–Crippen MR) is 199 cm³/mol. The summed E-state index contributed by atoms with van der Waals surface area (Å²) in [5.74, 6) is 0.282. The molecule has 0 N–H and O–H groups in total. The lowest BCUT2D eigenvalue weighted by Crippen LogP contribution is -2.14. The van der Waals surface area contributed by atoms with Crippen LogP contribution in [0.25, 0.3) is 68.2 Å². The maximum absolute atomic E-state index is 2.48. The summed E-state index contributed by atoms with van der Waals surface area (Å²) in [4.78, 5) is 1.39. The fourth-order valence-electron chi connectivity index (χ4n) is 7.38. The van der Waals surface area contributed by atoms with E-state index in [1.54, 1.807) is 0 Å². The van der Waals surface area contributed by atoms with Crippen LogP contribution in [0.5, 0.6) is 0 Å². The highest BCUT2D eigenvalue weighted by atomic mass is 32.2. The number of allylic oxidation sites excluding steroid dienone is 3. The van der Waals surface area contributed by atoms with E-state index in [4.69, 9.17) is 0 Å². The highest BCUT2D eigenvalue weighted by Gasteiger charge is 2.35. The van der Waals surface area contributed by atoms with Crippen molar-refractivity contribution < 1.29 is 0 Å². The van der Waals surface area contributed by atoms with Crippen molar-refractivity contribution in [2.24, 2.45) is 0 Å². The Morgan fingerprint density at radius 2 is 1.04 bits per heavy atom. The van der Waals surface area contributed by atoms with E-state index < -0.39 is 0 Å². The standard InChI is InChI=1S/C42H26S3/c1-4-19-37-31(10-1)34-16-7-13-28(40(34)43-37)25-22-26(29-14-8-17-35-32-11-2-5-20-38(32)44-41(29)35)24-27(23-25)30-15-9-18-36-33-12-3-6-21-39(33)45-42(30)36/h1-24,28,40H. The Bertz CT molecular complexity index is 2410. The summed E-state index contributed by atoms with van der Waals surface area (Å²) in [6.07, 6.45) is 7.04. The number of fused-ring (bicyclic) bond motifs is 9. The molecule has 0 saturated heterocycles. The van der Waals surface area contributed by atoms with E-state index >= 15 is 0 Å². The molecule has 2 aromatic heterocycles. The van der Waals surface area contributed by atoms with Gasteiger partial charge in [-0.3, -0.25) is 0 Å². The molecule has 0 saturated carbocycles. The Morgan fingerprint density at radius 3 is 1.71 bits per heavy atom. The van der Waals surface area contributed by atoms with E-state index in [0.29, 0.717) is 5.25 Å². The van der Waals surface area contributed by atoms with Gasteiger partial charge in [0.1, 0.15) is 0 Å². The number of hydrogen-bond donors (Lipinski definition) is 0. The van der Waals surface area contributed by atoms with Crippen LogP contribution in [0.1, 0.15) is 17.0 Å². The highest BCUT2D eigenvalue weighted by molar-refractivity contribution is 8.01. The van der Waals surface area contributed by atoms with Crippen molar-refractivity contribution in [3.8, 4) is 22.3 Å². The third kappa shape index (κ3) is 3.98. The van der Waals surface area contributed by atoms with Gasteiger partial charge in [-0.1, -0.05) is 121 Å². The van der Waals surface area contributed by atoms with Gasteiger partial charge in [-0.15, -0.1) is 34.4 Å². The van der Waals surface area contributed by atoms with Gasteiger partial charge in [-0.2, -0.15) is 0 Å². The molecule has 2 atom stereocenters. The fourth-order valence-corrected chi connectivity index (χ4v) is 11.3. The van der Waals surface area contributed by atoms with Crippen molar-refractivity contribution in [2.75, 3.05) is 0 Å². The molecule has 0 bridgehead atoms. The first kappa shape index (κ1) is 25.9. The third-order valence-electron chi connectivity index (χ3n) is 9.45. The maximum Gasteiger partial charge on any atom is 0.0454 e. The summed E-state index contributed by atoms with van der Waals surface area (Å²) in [7, 11) is 0. The molecule has 0 spiro atoms. The van der Waals surface area contributed by atoms with E-state index in [-0.39, 0.29) is 5.92 Å². The van der Waals surface area contributed by atoms with Crippen LogP contribution in [0.2, 0.25) is 0 Å². The molecule has 3 heterocycles. The smallest absolute Gasteiger partial charge is 0.0454 e. The van der Waals surface area contributed by atoms with Gasteiger partial charge >= 0.3 is 0 Å². The summed E-state index contributed by atoms with van der Waals surface area (Å²) in [5, 5.41) is 5.75. The van der Waals surface area contributed by atoms with Gasteiger partial charge in [0, 0.05) is 56.4 Å². The van der Waals surface area contributed by atoms with E-state index in [2.05, 4.69) is 146 Å². The number of hydrogen-bond acceptors (Lipinski definition) is 3. The third-order valence-corrected chi connectivity index (χ3v) is 13.3. The van der Waals surface area contributed by atoms with Gasteiger partial charge in [0.2, 0.25) is 0 Å². The normalized spacial score (nSPS) is 17.3. The SMILES string of the molecule is C1=CC(c2cc(-c3cccc4c3sc3ccccc34)cc(-c3cccc4c3sc3ccccc34)c2)C2Sc3ccccc3C2=C1. The molecule has 3 heteroatoms. The second-order valence-electron chi connectivity index (χ2n) is 12.0. The molecule has 2 aliphatic rings. The van der Waals surface area contributed by atoms with Gasteiger partial charge in [0.25, 0.3) is 0 Å². The molecule has 10 rings (SSSR count). The van der Waals surface area contributed by atoms with Crippen molar-refractivity contribution in [2.45, 2.75) is 16.1 Å². The van der Waals surface area contributed by atoms with E-state index in [1.807, 2.05) is 34.4 Å². The Balaban J connectivity index is 1.22. The Morgan fingerprint density at radius 1 is 0.489 bits per heavy atom. The molecule has 2 unspecified atom stereocenters. The number of benzene rings is 6. The molecule has 1 aliphatic carbocycles. The lowest BCUT2D eigenvalue weighted by molar-refractivity contribution is 0.892. The molecule has 45 heavy (non-hydrogen) atoms. The van der Waals surface area contributed by atoms with Crippen LogP contribution >= 0.6 is 34.4 Å². The topological polar surface area (TPSA) is 0 Å². The largest absolute Gasteiger partial charge is 0.135 e. The fraction of sp³-hybridized carbons (Fsp3) is 0.0476. The molecule has 6 aromatic carbocycles. The number of rotatable bonds is 3. The summed E-state index contributed by atoms with van der Waals surface area (Å²) in [6, 6.07) is 47.7. The summed E-state index contributed by atoms with van der Waals surface area (Å²) >= 11 is 5.85. The predicted octanol–water partition coefficient (Wildman–Crippen LogP) is 13.0. The summed E-state index contributed by atoms with van der Waals surface area (Å²) in [5.41, 5.74) is 9.45. The van der Waals surface area contributed by atoms with Crippen molar-refractivity contribution in [1.82, 2.24) is 0 Å². The first-order valence-electron chi connectivity index (χ1n) is 15.4. The van der Waals surface area contributed by atoms with Crippen LogP contribution in [0.4, 0.5) is 0 Å². The van der Waals surface area contributed by atoms with Gasteiger partial charge in [-0.05, 0) is 63.2 Å². The van der Waals surface area contributed by atoms with Gasteiger partial charge in [0.05, 0.1) is 0 Å². The van der Waals surface area contributed by atoms with Crippen LogP contribution in [0.15, 0.2) is 151 Å². The van der Waals surface area contributed by atoms with Gasteiger partial charge < -0.3 is 0 Å². The van der Waals surface area contributed by atoms with Crippen molar-refractivity contribution in [3.63, 3.8) is 0 Å². The molecule has 0 amide bonds. The Labute approximate surface area is 274 Å². The summed E-state index contributed by atoms with van der Waals surface area (Å²) in [6.45, 7) is 0. The minimum atomic E-state index is 0.282. The van der Waals surface area contributed by atoms with Gasteiger partial charge in [-0.25, -0.2) is 0 Å². The van der Waals surface area contributed by atoms with Crippen LogP contribution in [0.3, 0.4) is 0 Å². The Hall–Kier alpha value is -4.41. The maximum atomic E-state index is 2.48. The molecule has 0 nitrogen and oxygen atoms in total. The molecule has 212 valence electrons. The minimum absolute atomic E-state index is 0.282. The molecular weight excluding hydrogens is 601 g/mol. The second-order valence-corrected chi connectivity index (χ2v) is 15.3. The van der Waals surface area contributed by atoms with E-state index in [0.717, 1.165) is 0 Å². The summed E-state index contributed by atoms with van der Waals surface area (Å²) < 4.78 is 5.42. The van der Waals surface area contributed by atoms with E-state index in [1.165, 1.54) is 84.2 Å². The lowest BCUT2D eigenvalue weighted by atomic mass is 9.83. The average Bonchev–Trinajstić information content (AvgIpc) is 3.79. The second kappa shape index (κ2) is 10.1. The van der Waals surface area contributed by atoms with Crippen molar-refractivity contribution in [1.29, 1.82) is 0 Å². The first-order chi connectivity index (χ1) is 22.3. The highest BCUT2D eigenvalue weighted by Crippen LogP contribution is 2.53. The van der Waals surface area contributed by atoms with Crippen LogP contribution < -0.4 is 0 Å². The average molecular weight is 627 g/mol. The molecular formula is C42H26S3. The number of thioether (sulfide) groups is 1. The number of thiophene rings is 2. The van der Waals surface area contributed by atoms with Gasteiger partial charge in [0.15, 0.2) is 0 Å². The zero-order valence-corrected chi connectivity index (χ0v) is 26.7. The molecule has 1 aliphatic heterocycles. The quantitative estimate of drug-likeness (QED) is 0.188.